The quantitative estimate of drug-likeness (QED) is 0.539. The van der Waals surface area contributed by atoms with Gasteiger partial charge in [0.1, 0.15) is 17.5 Å². The molecule has 0 aliphatic heterocycles. The fourth-order valence-electron chi connectivity index (χ4n) is 2.57. The minimum Gasteiger partial charge on any atom is -0.497 e. The lowest BCUT2D eigenvalue weighted by molar-refractivity contribution is -0.138. The van der Waals surface area contributed by atoms with Crippen molar-refractivity contribution in [1.29, 1.82) is 0 Å². The molecule has 1 N–H and O–H groups in total. The standard InChI is InChI=1S/C20H22N2O5/c1-14(22(13-23)17-9-4-5-10-18(17)27-3)19(24)20(25)21-12-15-7-6-8-16(11-15)26-2/h4-11,13-14H,12H2,1-3H3,(H,21,25). The average Bonchev–Trinajstić information content (AvgIpc) is 2.72. The summed E-state index contributed by atoms with van der Waals surface area (Å²) < 4.78 is 10.3. The zero-order valence-corrected chi connectivity index (χ0v) is 15.5. The van der Waals surface area contributed by atoms with Gasteiger partial charge in [-0.1, -0.05) is 24.3 Å². The van der Waals surface area contributed by atoms with E-state index in [1.807, 2.05) is 6.07 Å². The largest absolute Gasteiger partial charge is 0.497 e. The molecule has 2 aromatic rings. The third-order valence-electron chi connectivity index (χ3n) is 4.08. The SMILES string of the molecule is COc1cccc(CNC(=O)C(=O)C(C)N(C=O)c2ccccc2OC)c1. The van der Waals surface area contributed by atoms with Gasteiger partial charge in [-0.25, -0.2) is 0 Å². The number of ketones is 1. The molecule has 0 aliphatic rings. The summed E-state index contributed by atoms with van der Waals surface area (Å²) in [4.78, 5) is 37.5. The molecule has 2 rings (SSSR count). The first-order valence-corrected chi connectivity index (χ1v) is 8.33. The van der Waals surface area contributed by atoms with E-state index >= 15 is 0 Å². The number of hydrogen-bond donors (Lipinski definition) is 1. The highest BCUT2D eigenvalue weighted by molar-refractivity contribution is 6.39. The van der Waals surface area contributed by atoms with E-state index in [4.69, 9.17) is 9.47 Å². The molecule has 0 aromatic heterocycles. The van der Waals surface area contributed by atoms with Gasteiger partial charge in [0.2, 0.25) is 12.2 Å². The Morgan fingerprint density at radius 3 is 2.52 bits per heavy atom. The normalized spacial score (nSPS) is 11.2. The molecular formula is C20H22N2O5. The molecule has 142 valence electrons. The highest BCUT2D eigenvalue weighted by Crippen LogP contribution is 2.28. The number of Topliss-reactive ketones (excluding diaryl/α,β-unsaturated/α-hetero) is 1. The van der Waals surface area contributed by atoms with Crippen molar-refractivity contribution >= 4 is 23.8 Å². The summed E-state index contributed by atoms with van der Waals surface area (Å²) in [6.45, 7) is 1.67. The highest BCUT2D eigenvalue weighted by Gasteiger charge is 2.28. The van der Waals surface area contributed by atoms with Crippen LogP contribution in [0.4, 0.5) is 5.69 Å². The van der Waals surface area contributed by atoms with E-state index in [1.54, 1.807) is 49.6 Å². The van der Waals surface area contributed by atoms with Crippen LogP contribution in [0.5, 0.6) is 11.5 Å². The Morgan fingerprint density at radius 2 is 1.85 bits per heavy atom. The lowest BCUT2D eigenvalue weighted by Gasteiger charge is -2.25. The second-order valence-electron chi connectivity index (χ2n) is 5.76. The Kier molecular flexibility index (Phi) is 6.93. The van der Waals surface area contributed by atoms with E-state index in [0.29, 0.717) is 23.6 Å². The number of carbonyl (C=O) groups is 3. The van der Waals surface area contributed by atoms with E-state index in [2.05, 4.69) is 5.32 Å². The molecule has 0 fully saturated rings. The van der Waals surface area contributed by atoms with Crippen molar-refractivity contribution in [2.24, 2.45) is 0 Å². The van der Waals surface area contributed by atoms with Crippen molar-refractivity contribution in [2.75, 3.05) is 19.1 Å². The van der Waals surface area contributed by atoms with Crippen LogP contribution in [-0.2, 0) is 20.9 Å². The average molecular weight is 370 g/mol. The summed E-state index contributed by atoms with van der Waals surface area (Å²) in [7, 11) is 3.02. The summed E-state index contributed by atoms with van der Waals surface area (Å²) in [5, 5.41) is 2.57. The predicted octanol–water partition coefficient (Wildman–Crippen LogP) is 1.94. The number of nitrogens with zero attached hydrogens (tertiary/aromatic N) is 1. The predicted molar refractivity (Wildman–Crippen MR) is 101 cm³/mol. The van der Waals surface area contributed by atoms with Gasteiger partial charge in [-0.2, -0.15) is 0 Å². The number of anilines is 1. The maximum atomic E-state index is 12.5. The Bertz CT molecular complexity index is 822. The Hall–Kier alpha value is -3.35. The van der Waals surface area contributed by atoms with Crippen LogP contribution >= 0.6 is 0 Å². The van der Waals surface area contributed by atoms with Gasteiger partial charge in [0.25, 0.3) is 5.91 Å². The van der Waals surface area contributed by atoms with Gasteiger partial charge < -0.3 is 19.7 Å². The van der Waals surface area contributed by atoms with Crippen LogP contribution in [0, 0.1) is 0 Å². The van der Waals surface area contributed by atoms with Crippen molar-refractivity contribution in [2.45, 2.75) is 19.5 Å². The first-order valence-electron chi connectivity index (χ1n) is 8.33. The third-order valence-corrected chi connectivity index (χ3v) is 4.08. The molecule has 2 amide bonds. The lowest BCUT2D eigenvalue weighted by Crippen LogP contribution is -2.45. The number of para-hydroxylation sites is 2. The van der Waals surface area contributed by atoms with Gasteiger partial charge >= 0.3 is 0 Å². The van der Waals surface area contributed by atoms with Gasteiger partial charge in [0.05, 0.1) is 19.9 Å². The maximum absolute atomic E-state index is 12.5. The van der Waals surface area contributed by atoms with Crippen LogP contribution < -0.4 is 19.7 Å². The Labute approximate surface area is 157 Å². The van der Waals surface area contributed by atoms with Gasteiger partial charge in [0.15, 0.2) is 0 Å². The lowest BCUT2D eigenvalue weighted by atomic mass is 10.1. The van der Waals surface area contributed by atoms with E-state index in [1.165, 1.54) is 18.9 Å². The minimum absolute atomic E-state index is 0.171. The van der Waals surface area contributed by atoms with Crippen molar-refractivity contribution in [3.63, 3.8) is 0 Å². The monoisotopic (exact) mass is 370 g/mol. The summed E-state index contributed by atoms with van der Waals surface area (Å²) >= 11 is 0. The Morgan fingerprint density at radius 1 is 1.11 bits per heavy atom. The van der Waals surface area contributed by atoms with Crippen LogP contribution in [0.15, 0.2) is 48.5 Å². The summed E-state index contributed by atoms with van der Waals surface area (Å²) in [6.07, 6.45) is 0.510. The molecule has 0 spiro atoms. The summed E-state index contributed by atoms with van der Waals surface area (Å²) in [5.74, 6) is -0.409. The molecular weight excluding hydrogens is 348 g/mol. The number of rotatable bonds is 9. The molecule has 7 nitrogen and oxygen atoms in total. The van der Waals surface area contributed by atoms with Crippen molar-refractivity contribution in [3.8, 4) is 11.5 Å². The molecule has 1 unspecified atom stereocenters. The van der Waals surface area contributed by atoms with Crippen molar-refractivity contribution < 1.29 is 23.9 Å². The molecule has 0 aliphatic carbocycles. The Balaban J connectivity index is 2.07. The maximum Gasteiger partial charge on any atom is 0.289 e. The van der Waals surface area contributed by atoms with Crippen LogP contribution in [0.3, 0.4) is 0 Å². The molecule has 1 atom stereocenters. The van der Waals surface area contributed by atoms with Gasteiger partial charge in [-0.3, -0.25) is 14.4 Å². The van der Waals surface area contributed by atoms with E-state index in [9.17, 15) is 14.4 Å². The molecule has 7 heteroatoms. The number of hydrogen-bond acceptors (Lipinski definition) is 5. The minimum atomic E-state index is -0.982. The fraction of sp³-hybridized carbons (Fsp3) is 0.250. The van der Waals surface area contributed by atoms with Crippen molar-refractivity contribution in [1.82, 2.24) is 5.32 Å². The first-order chi connectivity index (χ1) is 13.0. The number of methoxy groups -OCH3 is 2. The second-order valence-corrected chi connectivity index (χ2v) is 5.76. The van der Waals surface area contributed by atoms with Crippen LogP contribution in [0.2, 0.25) is 0 Å². The number of carbonyl (C=O) groups excluding carboxylic acids is 3. The highest BCUT2D eigenvalue weighted by atomic mass is 16.5. The molecule has 2 aromatic carbocycles. The number of benzene rings is 2. The van der Waals surface area contributed by atoms with Gasteiger partial charge in [-0.15, -0.1) is 0 Å². The molecule has 0 saturated carbocycles. The second kappa shape index (κ2) is 9.38. The van der Waals surface area contributed by atoms with E-state index in [-0.39, 0.29) is 6.54 Å². The van der Waals surface area contributed by atoms with Crippen LogP contribution in [0.25, 0.3) is 0 Å². The molecule has 27 heavy (non-hydrogen) atoms. The molecule has 0 heterocycles. The number of ether oxygens (including phenoxy) is 2. The van der Waals surface area contributed by atoms with Gasteiger partial charge in [0, 0.05) is 6.54 Å². The summed E-state index contributed by atoms with van der Waals surface area (Å²) in [6, 6.07) is 13.0. The third kappa shape index (κ3) is 4.84. The summed E-state index contributed by atoms with van der Waals surface area (Å²) in [5.41, 5.74) is 1.21. The zero-order valence-electron chi connectivity index (χ0n) is 15.5. The zero-order chi connectivity index (χ0) is 19.8. The van der Waals surface area contributed by atoms with Crippen LogP contribution in [0.1, 0.15) is 12.5 Å². The van der Waals surface area contributed by atoms with E-state index < -0.39 is 17.7 Å². The van der Waals surface area contributed by atoms with Gasteiger partial charge in [-0.05, 0) is 36.8 Å². The fourth-order valence-corrected chi connectivity index (χ4v) is 2.57. The smallest absolute Gasteiger partial charge is 0.289 e. The number of amides is 2. The van der Waals surface area contributed by atoms with Crippen molar-refractivity contribution in [3.05, 3.63) is 54.1 Å². The topological polar surface area (TPSA) is 84.9 Å². The molecule has 0 bridgehead atoms. The molecule has 0 radical (unpaired) electrons. The molecule has 0 saturated heterocycles. The first kappa shape index (κ1) is 20.0. The van der Waals surface area contributed by atoms with E-state index in [0.717, 1.165) is 5.56 Å². The number of nitrogens with one attached hydrogen (secondary N) is 1. The van der Waals surface area contributed by atoms with Crippen LogP contribution in [-0.4, -0.2) is 38.4 Å².